The van der Waals surface area contributed by atoms with E-state index in [1.165, 1.54) is 19.1 Å². The Morgan fingerprint density at radius 3 is 2.67 bits per heavy atom. The highest BCUT2D eigenvalue weighted by atomic mass is 16.7. The minimum Gasteiger partial charge on any atom is -0.465 e. The summed E-state index contributed by atoms with van der Waals surface area (Å²) in [6, 6.07) is 0. The highest BCUT2D eigenvalue weighted by molar-refractivity contribution is 5.84. The van der Waals surface area contributed by atoms with Crippen molar-refractivity contribution in [2.24, 2.45) is 0 Å². The van der Waals surface area contributed by atoms with Gasteiger partial charge in [0, 0.05) is 33.6 Å². The van der Waals surface area contributed by atoms with E-state index in [9.17, 15) is 9.59 Å². The van der Waals surface area contributed by atoms with E-state index in [0.717, 1.165) is 0 Å². The largest absolute Gasteiger partial charge is 0.465 e. The van der Waals surface area contributed by atoms with Crippen LogP contribution in [0.4, 0.5) is 4.79 Å². The molecule has 104 valence electrons. The van der Waals surface area contributed by atoms with Gasteiger partial charge in [0.1, 0.15) is 6.10 Å². The molecule has 1 aliphatic rings. The monoisotopic (exact) mass is 261 g/mol. The number of methoxy groups -OCH3 is 2. The van der Waals surface area contributed by atoms with Gasteiger partial charge in [0.25, 0.3) is 0 Å². The van der Waals surface area contributed by atoms with Crippen molar-refractivity contribution >= 4 is 11.9 Å². The normalized spacial score (nSPS) is 20.2. The topological polar surface area (TPSA) is 85.3 Å². The fraction of sp³-hybridized carbons (Fsp3) is 0.818. The minimum absolute atomic E-state index is 0.0960. The van der Waals surface area contributed by atoms with Crippen LogP contribution in [0.1, 0.15) is 12.8 Å². The van der Waals surface area contributed by atoms with Gasteiger partial charge < -0.3 is 24.2 Å². The Balaban J connectivity index is 2.39. The van der Waals surface area contributed by atoms with Crippen molar-refractivity contribution in [1.82, 2.24) is 4.90 Å². The van der Waals surface area contributed by atoms with Gasteiger partial charge in [-0.2, -0.15) is 0 Å². The third kappa shape index (κ3) is 4.25. The first-order valence-corrected chi connectivity index (χ1v) is 5.76. The van der Waals surface area contributed by atoms with Gasteiger partial charge in [0.05, 0.1) is 13.2 Å². The average molecular weight is 261 g/mol. The van der Waals surface area contributed by atoms with Gasteiger partial charge in [-0.1, -0.05) is 0 Å². The number of amides is 1. The number of ether oxygens (including phenoxy) is 3. The second kappa shape index (κ2) is 7.30. The maximum absolute atomic E-state index is 11.8. The molecule has 1 aliphatic heterocycles. The molecule has 1 saturated heterocycles. The number of carboxylic acid groups (broad SMARTS) is 1. The van der Waals surface area contributed by atoms with Crippen molar-refractivity contribution in [3.8, 4) is 0 Å². The van der Waals surface area contributed by atoms with E-state index in [1.54, 1.807) is 0 Å². The van der Waals surface area contributed by atoms with E-state index in [-0.39, 0.29) is 25.4 Å². The molecule has 0 radical (unpaired) electrons. The third-order valence-electron chi connectivity index (χ3n) is 2.85. The molecule has 0 aromatic rings. The molecule has 0 saturated carbocycles. The number of morpholine rings is 1. The Morgan fingerprint density at radius 1 is 1.44 bits per heavy atom. The summed E-state index contributed by atoms with van der Waals surface area (Å²) in [7, 11) is 3.00. The number of carbonyl (C=O) groups excluding carboxylic acids is 1. The summed E-state index contributed by atoms with van der Waals surface area (Å²) < 4.78 is 15.2. The molecular formula is C11H19NO6. The molecule has 1 amide bonds. The zero-order chi connectivity index (χ0) is 13.5. The van der Waals surface area contributed by atoms with Gasteiger partial charge in [-0.05, 0) is 0 Å². The fourth-order valence-corrected chi connectivity index (χ4v) is 1.77. The molecule has 0 aliphatic carbocycles. The molecular weight excluding hydrogens is 242 g/mol. The molecule has 1 N–H and O–H groups in total. The first kappa shape index (κ1) is 14.9. The van der Waals surface area contributed by atoms with E-state index in [0.29, 0.717) is 13.0 Å². The SMILES string of the molecule is COC(CCC(=O)C1CN(C(=O)O)CCO1)OC. The molecule has 0 bridgehead atoms. The summed E-state index contributed by atoms with van der Waals surface area (Å²) in [4.78, 5) is 23.8. The van der Waals surface area contributed by atoms with Crippen LogP contribution in [0.5, 0.6) is 0 Å². The van der Waals surface area contributed by atoms with Crippen molar-refractivity contribution in [3.05, 3.63) is 0 Å². The highest BCUT2D eigenvalue weighted by Crippen LogP contribution is 2.11. The van der Waals surface area contributed by atoms with Gasteiger partial charge in [0.15, 0.2) is 12.1 Å². The third-order valence-corrected chi connectivity index (χ3v) is 2.85. The van der Waals surface area contributed by atoms with Crippen LogP contribution in [0, 0.1) is 0 Å². The highest BCUT2D eigenvalue weighted by Gasteiger charge is 2.29. The number of carbonyl (C=O) groups is 2. The molecule has 1 atom stereocenters. The van der Waals surface area contributed by atoms with E-state index in [2.05, 4.69) is 0 Å². The quantitative estimate of drug-likeness (QED) is 0.694. The Labute approximate surface area is 106 Å². The summed E-state index contributed by atoms with van der Waals surface area (Å²) in [5.41, 5.74) is 0. The van der Waals surface area contributed by atoms with E-state index < -0.39 is 18.5 Å². The lowest BCUT2D eigenvalue weighted by atomic mass is 10.1. The van der Waals surface area contributed by atoms with E-state index in [4.69, 9.17) is 19.3 Å². The number of hydrogen-bond donors (Lipinski definition) is 1. The molecule has 0 aromatic carbocycles. The number of Topliss-reactive ketones (excluding diaryl/α,β-unsaturated/α-hetero) is 1. The molecule has 7 heteroatoms. The van der Waals surface area contributed by atoms with Crippen LogP contribution < -0.4 is 0 Å². The van der Waals surface area contributed by atoms with Crippen LogP contribution in [0.25, 0.3) is 0 Å². The molecule has 1 unspecified atom stereocenters. The van der Waals surface area contributed by atoms with Gasteiger partial charge in [-0.3, -0.25) is 4.79 Å². The molecule has 18 heavy (non-hydrogen) atoms. The molecule has 1 fully saturated rings. The first-order chi connectivity index (χ1) is 8.58. The molecule has 0 aromatic heterocycles. The Bertz CT molecular complexity index is 291. The lowest BCUT2D eigenvalue weighted by Gasteiger charge is -2.30. The Morgan fingerprint density at radius 2 is 2.11 bits per heavy atom. The zero-order valence-electron chi connectivity index (χ0n) is 10.6. The lowest BCUT2D eigenvalue weighted by molar-refractivity contribution is -0.140. The summed E-state index contributed by atoms with van der Waals surface area (Å²) in [5, 5.41) is 8.85. The second-order valence-corrected chi connectivity index (χ2v) is 3.99. The summed E-state index contributed by atoms with van der Waals surface area (Å²) >= 11 is 0. The zero-order valence-corrected chi connectivity index (χ0v) is 10.6. The van der Waals surface area contributed by atoms with Crippen LogP contribution in [0.3, 0.4) is 0 Å². The van der Waals surface area contributed by atoms with Crippen LogP contribution in [0.15, 0.2) is 0 Å². The van der Waals surface area contributed by atoms with E-state index >= 15 is 0 Å². The van der Waals surface area contributed by atoms with Crippen LogP contribution in [-0.2, 0) is 19.0 Å². The number of nitrogens with zero attached hydrogens (tertiary/aromatic N) is 1. The van der Waals surface area contributed by atoms with Crippen LogP contribution in [0.2, 0.25) is 0 Å². The van der Waals surface area contributed by atoms with Gasteiger partial charge in [0.2, 0.25) is 0 Å². The Kier molecular flexibility index (Phi) is 6.03. The average Bonchev–Trinajstić information content (AvgIpc) is 2.39. The fourth-order valence-electron chi connectivity index (χ4n) is 1.77. The standard InChI is InChI=1S/C11H19NO6/c1-16-10(17-2)4-3-8(13)9-7-12(11(14)15)5-6-18-9/h9-10H,3-7H2,1-2H3,(H,14,15). The predicted octanol–water partition coefficient (Wildman–Crippen LogP) is 0.333. The number of ketones is 1. The molecule has 0 spiro atoms. The maximum atomic E-state index is 11.8. The van der Waals surface area contributed by atoms with Crippen molar-refractivity contribution < 1.29 is 28.9 Å². The number of hydrogen-bond acceptors (Lipinski definition) is 5. The van der Waals surface area contributed by atoms with Crippen molar-refractivity contribution in [2.75, 3.05) is 33.9 Å². The van der Waals surface area contributed by atoms with E-state index in [1.807, 2.05) is 0 Å². The van der Waals surface area contributed by atoms with Crippen molar-refractivity contribution in [3.63, 3.8) is 0 Å². The predicted molar refractivity (Wildman–Crippen MR) is 61.4 cm³/mol. The van der Waals surface area contributed by atoms with Crippen LogP contribution in [-0.4, -0.2) is 68.2 Å². The Hall–Kier alpha value is -1.18. The molecule has 1 heterocycles. The first-order valence-electron chi connectivity index (χ1n) is 5.76. The smallest absolute Gasteiger partial charge is 0.407 e. The van der Waals surface area contributed by atoms with Crippen LogP contribution >= 0.6 is 0 Å². The minimum atomic E-state index is -1.03. The number of rotatable bonds is 6. The molecule has 1 rings (SSSR count). The lowest BCUT2D eigenvalue weighted by Crippen LogP contribution is -2.48. The van der Waals surface area contributed by atoms with Gasteiger partial charge >= 0.3 is 6.09 Å². The van der Waals surface area contributed by atoms with Gasteiger partial charge in [-0.25, -0.2) is 4.79 Å². The summed E-state index contributed by atoms with van der Waals surface area (Å²) in [5.74, 6) is -0.125. The van der Waals surface area contributed by atoms with Crippen molar-refractivity contribution in [2.45, 2.75) is 25.2 Å². The maximum Gasteiger partial charge on any atom is 0.407 e. The summed E-state index contributed by atoms with van der Waals surface area (Å²) in [6.45, 7) is 0.650. The molecule has 7 nitrogen and oxygen atoms in total. The van der Waals surface area contributed by atoms with Crippen molar-refractivity contribution in [1.29, 1.82) is 0 Å². The summed E-state index contributed by atoms with van der Waals surface area (Å²) in [6.07, 6.45) is -1.46. The second-order valence-electron chi connectivity index (χ2n) is 3.99. The van der Waals surface area contributed by atoms with Gasteiger partial charge in [-0.15, -0.1) is 0 Å².